The highest BCUT2D eigenvalue weighted by atomic mass is 19.4. The van der Waals surface area contributed by atoms with E-state index in [-0.39, 0.29) is 17.9 Å². The maximum Gasteiger partial charge on any atom is 0.410 e. The Morgan fingerprint density at radius 2 is 1.90 bits per heavy atom. The molecule has 158 valence electrons. The average Bonchev–Trinajstić information content (AvgIpc) is 2.91. The first-order chi connectivity index (χ1) is 13.6. The van der Waals surface area contributed by atoms with Crippen LogP contribution in [0.15, 0.2) is 36.4 Å². The lowest BCUT2D eigenvalue weighted by Gasteiger charge is -2.32. The number of fused-ring (bicyclic) bond motifs is 1. The van der Waals surface area contributed by atoms with E-state index in [0.717, 1.165) is 24.3 Å². The van der Waals surface area contributed by atoms with Crippen molar-refractivity contribution in [3.63, 3.8) is 0 Å². The van der Waals surface area contributed by atoms with Crippen LogP contribution in [0.1, 0.15) is 51.6 Å². The van der Waals surface area contributed by atoms with Gasteiger partial charge in [0.15, 0.2) is 6.04 Å². The second kappa shape index (κ2) is 8.22. The number of halogens is 3. The minimum atomic E-state index is -4.60. The van der Waals surface area contributed by atoms with E-state index in [4.69, 9.17) is 4.74 Å². The van der Waals surface area contributed by atoms with E-state index >= 15 is 0 Å². The smallest absolute Gasteiger partial charge is 0.410 e. The van der Waals surface area contributed by atoms with Crippen molar-refractivity contribution in [1.29, 1.82) is 0 Å². The van der Waals surface area contributed by atoms with E-state index in [1.807, 2.05) is 0 Å². The van der Waals surface area contributed by atoms with Gasteiger partial charge in [-0.2, -0.15) is 13.2 Å². The molecular formula is C22H27F3N2O2. The van der Waals surface area contributed by atoms with E-state index < -0.39 is 23.5 Å². The molecule has 1 aliphatic heterocycles. The van der Waals surface area contributed by atoms with Crippen LogP contribution in [0.4, 0.5) is 13.2 Å². The molecule has 1 atom stereocenters. The zero-order valence-corrected chi connectivity index (χ0v) is 17.0. The predicted octanol–water partition coefficient (Wildman–Crippen LogP) is 5.39. The number of unbranched alkanes of at least 4 members (excludes halogenated alkanes) is 2. The van der Waals surface area contributed by atoms with Gasteiger partial charge in [-0.05, 0) is 37.1 Å². The summed E-state index contributed by atoms with van der Waals surface area (Å²) in [5, 5.41) is 2.17. The van der Waals surface area contributed by atoms with Gasteiger partial charge in [-0.3, -0.25) is 10.2 Å². The Labute approximate surface area is 169 Å². The van der Waals surface area contributed by atoms with Crippen LogP contribution >= 0.6 is 0 Å². The van der Waals surface area contributed by atoms with Crippen molar-refractivity contribution in [2.24, 2.45) is 5.41 Å². The molecule has 1 unspecified atom stereocenters. The summed E-state index contributed by atoms with van der Waals surface area (Å²) in [6.45, 7) is 5.64. The summed E-state index contributed by atoms with van der Waals surface area (Å²) < 4.78 is 48.8. The molecule has 1 fully saturated rings. The zero-order valence-electron chi connectivity index (χ0n) is 17.0. The Kier molecular flexibility index (Phi) is 6.08. The number of rotatable bonds is 7. The molecule has 0 bridgehead atoms. The Bertz CT molecular complexity index is 880. The Morgan fingerprint density at radius 3 is 2.52 bits per heavy atom. The number of ether oxygens (including phenoxy) is 1. The monoisotopic (exact) mass is 408 g/mol. The first-order valence-electron chi connectivity index (χ1n) is 9.94. The fourth-order valence-electron chi connectivity index (χ4n) is 3.69. The molecule has 1 heterocycles. The van der Waals surface area contributed by atoms with Gasteiger partial charge in [-0.1, -0.05) is 50.1 Å². The molecule has 29 heavy (non-hydrogen) atoms. The molecule has 3 rings (SSSR count). The van der Waals surface area contributed by atoms with Gasteiger partial charge in [-0.25, -0.2) is 5.01 Å². The minimum Gasteiger partial charge on any atom is -0.493 e. The summed E-state index contributed by atoms with van der Waals surface area (Å²) in [5.74, 6) is -0.210. The number of carbonyl (C=O) groups is 1. The molecule has 1 aliphatic rings. The summed E-state index contributed by atoms with van der Waals surface area (Å²) in [5.41, 5.74) is 1.58. The third kappa shape index (κ3) is 4.50. The largest absolute Gasteiger partial charge is 0.493 e. The van der Waals surface area contributed by atoms with Gasteiger partial charge in [0.05, 0.1) is 12.0 Å². The van der Waals surface area contributed by atoms with Crippen molar-refractivity contribution < 1.29 is 22.7 Å². The fraction of sp³-hybridized carbons (Fsp3) is 0.500. The second-order valence-corrected chi connectivity index (χ2v) is 8.15. The summed E-state index contributed by atoms with van der Waals surface area (Å²) in [6.07, 6.45) is -1.89. The number of amides is 1. The highest BCUT2D eigenvalue weighted by molar-refractivity contribution is 5.89. The summed E-state index contributed by atoms with van der Waals surface area (Å²) in [4.78, 5) is 12.2. The van der Waals surface area contributed by atoms with Crippen molar-refractivity contribution in [2.45, 2.75) is 52.3 Å². The normalized spacial score (nSPS) is 18.1. The number of alkyl halides is 3. The topological polar surface area (TPSA) is 41.6 Å². The summed E-state index contributed by atoms with van der Waals surface area (Å²) in [7, 11) is 0. The minimum absolute atomic E-state index is 0.0464. The van der Waals surface area contributed by atoms with Crippen LogP contribution in [-0.4, -0.2) is 30.2 Å². The van der Waals surface area contributed by atoms with Crippen LogP contribution in [-0.2, 0) is 4.79 Å². The van der Waals surface area contributed by atoms with Crippen molar-refractivity contribution >= 4 is 16.7 Å². The van der Waals surface area contributed by atoms with E-state index in [9.17, 15) is 18.0 Å². The lowest BCUT2D eigenvalue weighted by Crippen LogP contribution is -2.43. The summed E-state index contributed by atoms with van der Waals surface area (Å²) >= 11 is 0. The van der Waals surface area contributed by atoms with Gasteiger partial charge in [0.1, 0.15) is 5.75 Å². The highest BCUT2D eigenvalue weighted by Gasteiger charge is 2.52. The van der Waals surface area contributed by atoms with E-state index in [1.165, 1.54) is 0 Å². The fourth-order valence-corrected chi connectivity index (χ4v) is 3.69. The molecule has 0 spiro atoms. The number of carbonyl (C=O) groups excluding carboxylic acids is 1. The van der Waals surface area contributed by atoms with Crippen molar-refractivity contribution in [2.75, 3.05) is 13.2 Å². The van der Waals surface area contributed by atoms with Crippen LogP contribution < -0.4 is 10.2 Å². The van der Waals surface area contributed by atoms with Crippen LogP contribution in [0, 0.1) is 5.41 Å². The van der Waals surface area contributed by atoms with Crippen LogP contribution in [0.2, 0.25) is 0 Å². The number of nitrogens with one attached hydrogen (secondary N) is 1. The average molecular weight is 408 g/mol. The number of nitrogens with zero attached hydrogens (tertiary/aromatic N) is 1. The molecular weight excluding hydrogens is 381 g/mol. The third-order valence-electron chi connectivity index (χ3n) is 5.26. The Balaban J connectivity index is 2.10. The van der Waals surface area contributed by atoms with Gasteiger partial charge >= 0.3 is 6.18 Å². The van der Waals surface area contributed by atoms with Crippen LogP contribution in [0.5, 0.6) is 5.75 Å². The molecule has 1 saturated heterocycles. The van der Waals surface area contributed by atoms with Gasteiger partial charge < -0.3 is 4.74 Å². The lowest BCUT2D eigenvalue weighted by atomic mass is 9.92. The maximum absolute atomic E-state index is 14.3. The third-order valence-corrected chi connectivity index (χ3v) is 5.26. The standard InChI is InChI=1S/C22H27F3N2O2/c1-4-5-8-13-29-17-12-11-15-9-6-7-10-16(15)18(17)19(22(23,24)25)27-14-21(2,3)20(28)26-27/h6-7,9-12,19H,4-5,8,13-14H2,1-3H3,(H,26,28). The SMILES string of the molecule is CCCCCOc1ccc2ccccc2c1C(N1CC(C)(C)C(=O)N1)C(F)(F)F. The maximum atomic E-state index is 14.3. The predicted molar refractivity (Wildman–Crippen MR) is 106 cm³/mol. The molecule has 1 N–H and O–H groups in total. The number of hydrazine groups is 1. The number of benzene rings is 2. The molecule has 0 saturated carbocycles. The van der Waals surface area contributed by atoms with E-state index in [2.05, 4.69) is 12.3 Å². The van der Waals surface area contributed by atoms with Gasteiger partial charge in [0.25, 0.3) is 0 Å². The van der Waals surface area contributed by atoms with Crippen molar-refractivity contribution in [3.05, 3.63) is 42.0 Å². The highest BCUT2D eigenvalue weighted by Crippen LogP contribution is 2.46. The second-order valence-electron chi connectivity index (χ2n) is 8.15. The Hall–Kier alpha value is -2.28. The van der Waals surface area contributed by atoms with Gasteiger partial charge in [0, 0.05) is 12.1 Å². The molecule has 4 nitrogen and oxygen atoms in total. The summed E-state index contributed by atoms with van der Waals surface area (Å²) in [6, 6.07) is 8.33. The Morgan fingerprint density at radius 1 is 1.17 bits per heavy atom. The molecule has 7 heteroatoms. The van der Waals surface area contributed by atoms with Gasteiger partial charge in [-0.15, -0.1) is 0 Å². The van der Waals surface area contributed by atoms with Crippen molar-refractivity contribution in [3.8, 4) is 5.75 Å². The first kappa shape index (κ1) is 21.4. The number of hydrogen-bond donors (Lipinski definition) is 1. The first-order valence-corrected chi connectivity index (χ1v) is 9.94. The zero-order chi connectivity index (χ0) is 21.2. The quantitative estimate of drug-likeness (QED) is 0.625. The molecule has 1 amide bonds. The molecule has 2 aromatic rings. The molecule has 0 aromatic heterocycles. The van der Waals surface area contributed by atoms with Crippen LogP contribution in [0.3, 0.4) is 0 Å². The number of hydrogen-bond acceptors (Lipinski definition) is 3. The lowest BCUT2D eigenvalue weighted by molar-refractivity contribution is -0.191. The molecule has 2 aromatic carbocycles. The van der Waals surface area contributed by atoms with E-state index in [0.29, 0.717) is 17.4 Å². The van der Waals surface area contributed by atoms with E-state index in [1.54, 1.807) is 50.2 Å². The van der Waals surface area contributed by atoms with Crippen LogP contribution in [0.25, 0.3) is 10.8 Å². The molecule has 0 aliphatic carbocycles. The van der Waals surface area contributed by atoms with Crippen molar-refractivity contribution in [1.82, 2.24) is 10.4 Å². The molecule has 0 radical (unpaired) electrons. The van der Waals surface area contributed by atoms with Gasteiger partial charge in [0.2, 0.25) is 5.91 Å².